The van der Waals surface area contributed by atoms with E-state index in [4.69, 9.17) is 27.9 Å². The van der Waals surface area contributed by atoms with E-state index in [1.807, 2.05) is 6.07 Å². The maximum absolute atomic E-state index is 12.8. The van der Waals surface area contributed by atoms with Crippen LogP contribution in [0.3, 0.4) is 0 Å². The van der Waals surface area contributed by atoms with Crippen molar-refractivity contribution in [3.63, 3.8) is 0 Å². The number of carbonyl (C=O) groups is 2. The summed E-state index contributed by atoms with van der Waals surface area (Å²) in [6, 6.07) is 9.80. The Balaban J connectivity index is 1.79. The van der Waals surface area contributed by atoms with Crippen LogP contribution in [0.4, 0.5) is 21.9 Å². The first-order valence-electron chi connectivity index (χ1n) is 10.2. The number of para-hydroxylation sites is 1. The topological polar surface area (TPSA) is 82.7 Å². The summed E-state index contributed by atoms with van der Waals surface area (Å²) in [6.07, 6.45) is 3.37. The number of nitrogens with zero attached hydrogens (tertiary/aromatic N) is 1. The van der Waals surface area contributed by atoms with E-state index in [1.165, 1.54) is 6.42 Å². The van der Waals surface area contributed by atoms with E-state index in [9.17, 15) is 9.59 Å². The Hall–Kier alpha value is -2.48. The van der Waals surface area contributed by atoms with Crippen molar-refractivity contribution in [2.75, 3.05) is 48.9 Å². The minimum absolute atomic E-state index is 0.212. The molecule has 1 aliphatic rings. The van der Waals surface area contributed by atoms with Gasteiger partial charge in [0.2, 0.25) is 0 Å². The number of carbonyl (C=O) groups excluding carboxylic acids is 2. The summed E-state index contributed by atoms with van der Waals surface area (Å²) in [6.45, 7) is 2.62. The number of piperidine rings is 1. The minimum Gasteiger partial charge on any atom is -0.383 e. The molecule has 0 saturated carbocycles. The van der Waals surface area contributed by atoms with Crippen molar-refractivity contribution in [2.24, 2.45) is 0 Å². The quantitative estimate of drug-likeness (QED) is 0.503. The average Bonchev–Trinajstić information content (AvgIpc) is 2.77. The van der Waals surface area contributed by atoms with E-state index in [2.05, 4.69) is 20.9 Å². The summed E-state index contributed by atoms with van der Waals surface area (Å²) in [5, 5.41) is 8.93. The molecule has 0 radical (unpaired) electrons. The number of halogens is 2. The number of hydrogen-bond acceptors (Lipinski definition) is 4. The second-order valence-electron chi connectivity index (χ2n) is 7.20. The number of amides is 3. The third-order valence-corrected chi connectivity index (χ3v) is 5.62. The number of hydrogen-bond donors (Lipinski definition) is 3. The summed E-state index contributed by atoms with van der Waals surface area (Å²) in [7, 11) is 1.58. The molecule has 9 heteroatoms. The average molecular weight is 465 g/mol. The fourth-order valence-corrected chi connectivity index (χ4v) is 3.95. The van der Waals surface area contributed by atoms with Crippen molar-refractivity contribution in [3.05, 3.63) is 52.0 Å². The summed E-state index contributed by atoms with van der Waals surface area (Å²) in [4.78, 5) is 27.6. The zero-order valence-corrected chi connectivity index (χ0v) is 18.9. The van der Waals surface area contributed by atoms with Crippen LogP contribution in [0.25, 0.3) is 0 Å². The zero-order chi connectivity index (χ0) is 22.2. The van der Waals surface area contributed by atoms with Gasteiger partial charge in [-0.05, 0) is 49.6 Å². The molecule has 1 heterocycles. The molecule has 3 N–H and O–H groups in total. The molecule has 1 aliphatic heterocycles. The van der Waals surface area contributed by atoms with Gasteiger partial charge in [-0.15, -0.1) is 0 Å². The number of ether oxygens (including phenoxy) is 1. The van der Waals surface area contributed by atoms with E-state index in [0.29, 0.717) is 40.1 Å². The lowest BCUT2D eigenvalue weighted by molar-refractivity contribution is 0.0937. The Kier molecular flexibility index (Phi) is 8.40. The molecule has 3 rings (SSSR count). The Morgan fingerprint density at radius 2 is 1.74 bits per heavy atom. The third kappa shape index (κ3) is 6.26. The first-order chi connectivity index (χ1) is 15.0. The standard InChI is InChI=1S/C22H26Cl2N4O3/c1-31-13-10-25-21(29)16-14-15(8-9-19(16)28-11-3-2-4-12-28)26-22(30)27-20-17(23)6-5-7-18(20)24/h5-9,14H,2-4,10-13H2,1H3,(H,25,29)(H2,26,27,30). The summed E-state index contributed by atoms with van der Waals surface area (Å²) in [5.41, 5.74) is 2.17. The molecule has 2 aromatic rings. The summed E-state index contributed by atoms with van der Waals surface area (Å²) < 4.78 is 5.01. The van der Waals surface area contributed by atoms with Gasteiger partial charge in [-0.25, -0.2) is 4.79 Å². The van der Waals surface area contributed by atoms with Crippen LogP contribution in [-0.4, -0.2) is 45.3 Å². The summed E-state index contributed by atoms with van der Waals surface area (Å²) in [5.74, 6) is -0.212. The van der Waals surface area contributed by atoms with E-state index in [-0.39, 0.29) is 5.91 Å². The lowest BCUT2D eigenvalue weighted by Gasteiger charge is -2.30. The molecule has 31 heavy (non-hydrogen) atoms. The fourth-order valence-electron chi connectivity index (χ4n) is 3.46. The lowest BCUT2D eigenvalue weighted by atomic mass is 10.1. The number of benzene rings is 2. The van der Waals surface area contributed by atoms with Crippen LogP contribution in [-0.2, 0) is 4.74 Å². The molecule has 0 atom stereocenters. The molecule has 1 saturated heterocycles. The lowest BCUT2D eigenvalue weighted by Crippen LogP contribution is -2.33. The van der Waals surface area contributed by atoms with Gasteiger partial charge in [0.1, 0.15) is 0 Å². The monoisotopic (exact) mass is 464 g/mol. The van der Waals surface area contributed by atoms with Gasteiger partial charge >= 0.3 is 6.03 Å². The third-order valence-electron chi connectivity index (χ3n) is 4.99. The Morgan fingerprint density at radius 1 is 1.03 bits per heavy atom. The normalized spacial score (nSPS) is 13.6. The van der Waals surface area contributed by atoms with Crippen molar-refractivity contribution < 1.29 is 14.3 Å². The van der Waals surface area contributed by atoms with Crippen molar-refractivity contribution in [1.29, 1.82) is 0 Å². The predicted molar refractivity (Wildman–Crippen MR) is 126 cm³/mol. The molecule has 2 aromatic carbocycles. The van der Waals surface area contributed by atoms with Crippen LogP contribution in [0.1, 0.15) is 29.6 Å². The number of anilines is 3. The zero-order valence-electron chi connectivity index (χ0n) is 17.3. The van der Waals surface area contributed by atoms with Gasteiger partial charge in [-0.3, -0.25) is 4.79 Å². The van der Waals surface area contributed by atoms with Crippen molar-refractivity contribution in [2.45, 2.75) is 19.3 Å². The minimum atomic E-state index is -0.508. The highest BCUT2D eigenvalue weighted by molar-refractivity contribution is 6.39. The fraction of sp³-hybridized carbons (Fsp3) is 0.364. The molecular formula is C22H26Cl2N4O3. The molecule has 166 valence electrons. The highest BCUT2D eigenvalue weighted by Gasteiger charge is 2.20. The van der Waals surface area contributed by atoms with Crippen LogP contribution < -0.4 is 20.9 Å². The highest BCUT2D eigenvalue weighted by Crippen LogP contribution is 2.30. The highest BCUT2D eigenvalue weighted by atomic mass is 35.5. The molecule has 0 aromatic heterocycles. The maximum atomic E-state index is 12.8. The number of nitrogens with one attached hydrogen (secondary N) is 3. The molecule has 3 amide bonds. The van der Waals surface area contributed by atoms with E-state index >= 15 is 0 Å². The first kappa shape index (κ1) is 23.2. The van der Waals surface area contributed by atoms with Gasteiger partial charge in [0, 0.05) is 38.1 Å². The Bertz CT molecular complexity index is 913. The molecule has 0 unspecified atom stereocenters. The number of rotatable bonds is 7. The van der Waals surface area contributed by atoms with E-state index in [1.54, 1.807) is 37.4 Å². The largest absolute Gasteiger partial charge is 0.383 e. The van der Waals surface area contributed by atoms with Crippen LogP contribution in [0.2, 0.25) is 10.0 Å². The second kappa shape index (κ2) is 11.2. The predicted octanol–water partition coefficient (Wildman–Crippen LogP) is 5.00. The van der Waals surface area contributed by atoms with Gasteiger partial charge in [0.25, 0.3) is 5.91 Å². The van der Waals surface area contributed by atoms with Crippen LogP contribution in [0.15, 0.2) is 36.4 Å². The Labute approximate surface area is 192 Å². The van der Waals surface area contributed by atoms with Crippen LogP contribution in [0.5, 0.6) is 0 Å². The molecule has 0 bridgehead atoms. The van der Waals surface area contributed by atoms with Gasteiger partial charge in [-0.2, -0.15) is 0 Å². The Morgan fingerprint density at radius 3 is 2.42 bits per heavy atom. The van der Waals surface area contributed by atoms with Crippen molar-refractivity contribution in [1.82, 2.24) is 5.32 Å². The molecular weight excluding hydrogens is 439 g/mol. The number of methoxy groups -OCH3 is 1. The van der Waals surface area contributed by atoms with Crippen molar-refractivity contribution in [3.8, 4) is 0 Å². The van der Waals surface area contributed by atoms with Crippen molar-refractivity contribution >= 4 is 52.2 Å². The molecule has 0 spiro atoms. The second-order valence-corrected chi connectivity index (χ2v) is 8.02. The SMILES string of the molecule is COCCNC(=O)c1cc(NC(=O)Nc2c(Cl)cccc2Cl)ccc1N1CCCCC1. The van der Waals surface area contributed by atoms with Crippen LogP contribution >= 0.6 is 23.2 Å². The number of urea groups is 1. The van der Waals surface area contributed by atoms with Gasteiger partial charge in [-0.1, -0.05) is 29.3 Å². The van der Waals surface area contributed by atoms with Gasteiger partial charge < -0.3 is 25.6 Å². The first-order valence-corrected chi connectivity index (χ1v) is 10.9. The van der Waals surface area contributed by atoms with Crippen LogP contribution in [0, 0.1) is 0 Å². The maximum Gasteiger partial charge on any atom is 0.323 e. The molecule has 0 aliphatic carbocycles. The van der Waals surface area contributed by atoms with E-state index in [0.717, 1.165) is 31.6 Å². The summed E-state index contributed by atoms with van der Waals surface area (Å²) >= 11 is 12.2. The van der Waals surface area contributed by atoms with Gasteiger partial charge in [0.05, 0.1) is 27.9 Å². The molecule has 1 fully saturated rings. The smallest absolute Gasteiger partial charge is 0.323 e. The van der Waals surface area contributed by atoms with Gasteiger partial charge in [0.15, 0.2) is 0 Å². The molecule has 7 nitrogen and oxygen atoms in total. The van der Waals surface area contributed by atoms with E-state index < -0.39 is 6.03 Å².